The number of rotatable bonds is 5. The summed E-state index contributed by atoms with van der Waals surface area (Å²) in [6.45, 7) is 1.54. The summed E-state index contributed by atoms with van der Waals surface area (Å²) in [4.78, 5) is 14.6. The summed E-state index contributed by atoms with van der Waals surface area (Å²) >= 11 is 3.40. The fraction of sp³-hybridized carbons (Fsp3) is 0.381. The molecule has 7 heteroatoms. The van der Waals surface area contributed by atoms with E-state index in [1.807, 2.05) is 24.3 Å². The Labute approximate surface area is 175 Å². The van der Waals surface area contributed by atoms with Crippen LogP contribution >= 0.6 is 15.9 Å². The molecule has 0 unspecified atom stereocenters. The molecule has 0 radical (unpaired) electrons. The van der Waals surface area contributed by atoms with Gasteiger partial charge in [-0.3, -0.25) is 4.79 Å². The minimum absolute atomic E-state index is 0.192. The standard InChI is InChI=1S/C21H25BrN2O3S/c1-23(16-17-9-11-19(22)12-10-17)21(25)18-7-6-8-20(15-18)28(26,27)24-13-4-2-3-5-14-24/h6-12,15H,2-5,13-14,16H2,1H3. The molecule has 3 rings (SSSR count). The normalized spacial score (nSPS) is 15.8. The zero-order valence-corrected chi connectivity index (χ0v) is 18.4. The summed E-state index contributed by atoms with van der Waals surface area (Å²) in [5, 5.41) is 0. The molecule has 150 valence electrons. The Hall–Kier alpha value is -1.70. The zero-order chi connectivity index (χ0) is 20.1. The van der Waals surface area contributed by atoms with Crippen molar-refractivity contribution in [3.05, 3.63) is 64.1 Å². The largest absolute Gasteiger partial charge is 0.337 e. The lowest BCUT2D eigenvalue weighted by Crippen LogP contribution is -2.32. The molecule has 2 aromatic rings. The molecular formula is C21H25BrN2O3S. The number of nitrogens with zero attached hydrogens (tertiary/aromatic N) is 2. The Morgan fingerprint density at radius 1 is 1.04 bits per heavy atom. The quantitative estimate of drug-likeness (QED) is 0.662. The summed E-state index contributed by atoms with van der Waals surface area (Å²) < 4.78 is 28.5. The van der Waals surface area contributed by atoms with Crippen molar-refractivity contribution < 1.29 is 13.2 Å². The highest BCUT2D eigenvalue weighted by atomic mass is 79.9. The van der Waals surface area contributed by atoms with E-state index in [2.05, 4.69) is 15.9 Å². The Kier molecular flexibility index (Phi) is 6.91. The first kappa shape index (κ1) is 21.0. The lowest BCUT2D eigenvalue weighted by atomic mass is 10.1. The van der Waals surface area contributed by atoms with E-state index in [1.165, 1.54) is 6.07 Å². The number of carbonyl (C=O) groups excluding carboxylic acids is 1. The van der Waals surface area contributed by atoms with Gasteiger partial charge in [-0.1, -0.05) is 47.0 Å². The molecular weight excluding hydrogens is 440 g/mol. The number of sulfonamides is 1. The van der Waals surface area contributed by atoms with Crippen molar-refractivity contribution in [1.82, 2.24) is 9.21 Å². The van der Waals surface area contributed by atoms with Crippen LogP contribution in [0.2, 0.25) is 0 Å². The predicted octanol–water partition coefficient (Wildman–Crippen LogP) is 4.29. The molecule has 1 amide bonds. The zero-order valence-electron chi connectivity index (χ0n) is 16.0. The fourth-order valence-corrected chi connectivity index (χ4v) is 5.20. The minimum Gasteiger partial charge on any atom is -0.337 e. The Morgan fingerprint density at radius 3 is 2.32 bits per heavy atom. The summed E-state index contributed by atoms with van der Waals surface area (Å²) in [5.74, 6) is -0.198. The predicted molar refractivity (Wildman–Crippen MR) is 114 cm³/mol. The fourth-order valence-electron chi connectivity index (χ4n) is 3.38. The van der Waals surface area contributed by atoms with Gasteiger partial charge in [0.05, 0.1) is 4.90 Å². The Morgan fingerprint density at radius 2 is 1.68 bits per heavy atom. The molecule has 28 heavy (non-hydrogen) atoms. The number of halogens is 1. The highest BCUT2D eigenvalue weighted by Gasteiger charge is 2.26. The van der Waals surface area contributed by atoms with Gasteiger partial charge in [0, 0.05) is 36.7 Å². The average molecular weight is 465 g/mol. The van der Waals surface area contributed by atoms with Crippen LogP contribution in [-0.4, -0.2) is 43.7 Å². The molecule has 2 aromatic carbocycles. The van der Waals surface area contributed by atoms with E-state index in [-0.39, 0.29) is 10.8 Å². The molecule has 0 N–H and O–H groups in total. The van der Waals surface area contributed by atoms with Crippen molar-refractivity contribution in [3.63, 3.8) is 0 Å². The van der Waals surface area contributed by atoms with Gasteiger partial charge in [0.2, 0.25) is 10.0 Å². The third kappa shape index (κ3) is 5.01. The van der Waals surface area contributed by atoms with Crippen molar-refractivity contribution in [2.75, 3.05) is 20.1 Å². The lowest BCUT2D eigenvalue weighted by Gasteiger charge is -2.21. The number of hydrogen-bond donors (Lipinski definition) is 0. The van der Waals surface area contributed by atoms with E-state index in [0.29, 0.717) is 25.2 Å². The third-order valence-electron chi connectivity index (χ3n) is 4.96. The van der Waals surface area contributed by atoms with Gasteiger partial charge in [0.1, 0.15) is 0 Å². The highest BCUT2D eigenvalue weighted by Crippen LogP contribution is 2.22. The van der Waals surface area contributed by atoms with Gasteiger partial charge in [-0.25, -0.2) is 8.42 Å². The van der Waals surface area contributed by atoms with E-state index in [9.17, 15) is 13.2 Å². The van der Waals surface area contributed by atoms with E-state index >= 15 is 0 Å². The van der Waals surface area contributed by atoms with Gasteiger partial charge in [0.15, 0.2) is 0 Å². The van der Waals surface area contributed by atoms with Gasteiger partial charge in [-0.2, -0.15) is 4.31 Å². The van der Waals surface area contributed by atoms with Gasteiger partial charge in [-0.05, 0) is 48.7 Å². The van der Waals surface area contributed by atoms with Crippen LogP contribution in [0.25, 0.3) is 0 Å². The van der Waals surface area contributed by atoms with Crippen LogP contribution in [0.4, 0.5) is 0 Å². The molecule has 1 saturated heterocycles. The molecule has 0 bridgehead atoms. The van der Waals surface area contributed by atoms with Crippen LogP contribution in [0.3, 0.4) is 0 Å². The molecule has 1 aliphatic rings. The van der Waals surface area contributed by atoms with Crippen LogP contribution in [0, 0.1) is 0 Å². The molecule has 0 aliphatic carbocycles. The number of benzene rings is 2. The second-order valence-corrected chi connectivity index (χ2v) is 9.99. The van der Waals surface area contributed by atoms with E-state index in [0.717, 1.165) is 35.7 Å². The molecule has 1 aliphatic heterocycles. The molecule has 0 atom stereocenters. The Bertz CT molecular complexity index is 921. The van der Waals surface area contributed by atoms with Crippen LogP contribution in [0.5, 0.6) is 0 Å². The van der Waals surface area contributed by atoms with Crippen molar-refractivity contribution >= 4 is 31.9 Å². The summed E-state index contributed by atoms with van der Waals surface area (Å²) in [7, 11) is -1.85. The van der Waals surface area contributed by atoms with Crippen molar-refractivity contribution in [2.24, 2.45) is 0 Å². The number of carbonyl (C=O) groups is 1. The topological polar surface area (TPSA) is 57.7 Å². The van der Waals surface area contributed by atoms with Crippen LogP contribution in [0.15, 0.2) is 57.9 Å². The number of amides is 1. The first-order chi connectivity index (χ1) is 13.4. The molecule has 1 heterocycles. The van der Waals surface area contributed by atoms with Crippen molar-refractivity contribution in [3.8, 4) is 0 Å². The second kappa shape index (κ2) is 9.20. The van der Waals surface area contributed by atoms with E-state index < -0.39 is 10.0 Å². The van der Waals surface area contributed by atoms with Crippen LogP contribution < -0.4 is 0 Å². The maximum Gasteiger partial charge on any atom is 0.253 e. The summed E-state index contributed by atoms with van der Waals surface area (Å²) in [6.07, 6.45) is 3.89. The highest BCUT2D eigenvalue weighted by molar-refractivity contribution is 9.10. The monoisotopic (exact) mass is 464 g/mol. The Balaban J connectivity index is 1.77. The van der Waals surface area contributed by atoms with Gasteiger partial charge >= 0.3 is 0 Å². The van der Waals surface area contributed by atoms with E-state index in [1.54, 1.807) is 34.5 Å². The van der Waals surface area contributed by atoms with Crippen LogP contribution in [0.1, 0.15) is 41.6 Å². The maximum atomic E-state index is 13.0. The number of hydrogen-bond acceptors (Lipinski definition) is 3. The first-order valence-corrected chi connectivity index (χ1v) is 11.7. The second-order valence-electron chi connectivity index (χ2n) is 7.13. The third-order valence-corrected chi connectivity index (χ3v) is 7.39. The summed E-state index contributed by atoms with van der Waals surface area (Å²) in [5.41, 5.74) is 1.39. The SMILES string of the molecule is CN(Cc1ccc(Br)cc1)C(=O)c1cccc(S(=O)(=O)N2CCCCCC2)c1. The lowest BCUT2D eigenvalue weighted by molar-refractivity contribution is 0.0785. The molecule has 0 saturated carbocycles. The molecule has 0 spiro atoms. The van der Waals surface area contributed by atoms with Gasteiger partial charge < -0.3 is 4.90 Å². The molecule has 0 aromatic heterocycles. The molecule has 5 nitrogen and oxygen atoms in total. The van der Waals surface area contributed by atoms with Crippen molar-refractivity contribution in [2.45, 2.75) is 37.1 Å². The smallest absolute Gasteiger partial charge is 0.253 e. The first-order valence-electron chi connectivity index (χ1n) is 9.48. The maximum absolute atomic E-state index is 13.0. The van der Waals surface area contributed by atoms with Gasteiger partial charge in [0.25, 0.3) is 5.91 Å². The molecule has 1 fully saturated rings. The van der Waals surface area contributed by atoms with Crippen molar-refractivity contribution in [1.29, 1.82) is 0 Å². The minimum atomic E-state index is -3.57. The van der Waals surface area contributed by atoms with Gasteiger partial charge in [-0.15, -0.1) is 0 Å². The van der Waals surface area contributed by atoms with E-state index in [4.69, 9.17) is 0 Å². The average Bonchev–Trinajstić information content (AvgIpc) is 2.99. The van der Waals surface area contributed by atoms with Crippen LogP contribution in [-0.2, 0) is 16.6 Å². The summed E-state index contributed by atoms with van der Waals surface area (Å²) in [6, 6.07) is 14.2.